The molecule has 5 nitrogen and oxygen atoms in total. The molecule has 13 heavy (non-hydrogen) atoms. The van der Waals surface area contributed by atoms with Gasteiger partial charge in [0.1, 0.15) is 0 Å². The third kappa shape index (κ3) is 3.14. The Balaban J connectivity index is 4.77. The number of rotatable bonds is 4. The first-order valence-corrected chi connectivity index (χ1v) is 3.26. The summed E-state index contributed by atoms with van der Waals surface area (Å²) >= 11 is 0. The highest BCUT2D eigenvalue weighted by molar-refractivity contribution is 5.88. The van der Waals surface area contributed by atoms with Crippen molar-refractivity contribution in [2.24, 2.45) is 5.18 Å². The summed E-state index contributed by atoms with van der Waals surface area (Å²) in [4.78, 5) is 20.5. The average molecular weight is 195 g/mol. The van der Waals surface area contributed by atoms with Crippen LogP contribution in [-0.2, 0) is 9.53 Å². The molecule has 0 aromatic rings. The smallest absolute Gasteiger partial charge is 0.364 e. The lowest BCUT2D eigenvalue weighted by atomic mass is 10.4. The fourth-order valence-corrected chi connectivity index (χ4v) is 0.491. The molecule has 1 N–H and O–H groups in total. The van der Waals surface area contributed by atoms with Gasteiger partial charge in [0, 0.05) is 0 Å². The van der Waals surface area contributed by atoms with E-state index in [1.54, 1.807) is 0 Å². The van der Waals surface area contributed by atoms with Gasteiger partial charge in [0.05, 0.1) is 6.61 Å². The number of halogens is 2. The maximum atomic E-state index is 11.8. The van der Waals surface area contributed by atoms with Crippen LogP contribution in [0.4, 0.5) is 8.78 Å². The summed E-state index contributed by atoms with van der Waals surface area (Å²) in [7, 11) is 0. The SMILES string of the molecule is CCOC(=O)C(N=O)=C(O)C(F)F. The number of aliphatic hydroxyl groups is 1. The second kappa shape index (κ2) is 5.18. The summed E-state index contributed by atoms with van der Waals surface area (Å²) in [5, 5.41) is 10.5. The van der Waals surface area contributed by atoms with Crippen LogP contribution in [0, 0.1) is 4.91 Å². The van der Waals surface area contributed by atoms with E-state index in [9.17, 15) is 18.5 Å². The number of hydrogen-bond acceptors (Lipinski definition) is 5. The molecule has 0 rings (SSSR count). The van der Waals surface area contributed by atoms with Gasteiger partial charge < -0.3 is 9.84 Å². The maximum Gasteiger partial charge on any atom is 0.364 e. The molecule has 0 aliphatic rings. The van der Waals surface area contributed by atoms with Crippen LogP contribution >= 0.6 is 0 Å². The van der Waals surface area contributed by atoms with E-state index in [0.29, 0.717) is 0 Å². The molecule has 0 aromatic carbocycles. The quantitative estimate of drug-likeness (QED) is 0.318. The number of esters is 1. The van der Waals surface area contributed by atoms with Gasteiger partial charge in [-0.3, -0.25) is 0 Å². The van der Waals surface area contributed by atoms with Crippen molar-refractivity contribution in [3.63, 3.8) is 0 Å². The zero-order valence-corrected chi connectivity index (χ0v) is 6.66. The number of ether oxygens (including phenoxy) is 1. The Bertz CT molecular complexity index is 239. The van der Waals surface area contributed by atoms with Gasteiger partial charge in [0.25, 0.3) is 6.43 Å². The van der Waals surface area contributed by atoms with E-state index in [0.717, 1.165) is 0 Å². The third-order valence-corrected chi connectivity index (χ3v) is 1.01. The molecule has 0 aromatic heterocycles. The summed E-state index contributed by atoms with van der Waals surface area (Å²) in [5.41, 5.74) is -1.29. The van der Waals surface area contributed by atoms with E-state index in [1.165, 1.54) is 6.92 Å². The van der Waals surface area contributed by atoms with E-state index in [4.69, 9.17) is 5.11 Å². The summed E-state index contributed by atoms with van der Waals surface area (Å²) in [6.07, 6.45) is -3.32. The Morgan fingerprint density at radius 1 is 1.62 bits per heavy atom. The lowest BCUT2D eigenvalue weighted by Crippen LogP contribution is -2.11. The number of nitroso groups, excluding NO2 is 1. The Morgan fingerprint density at radius 2 is 2.15 bits per heavy atom. The van der Waals surface area contributed by atoms with Crippen molar-refractivity contribution < 1.29 is 23.4 Å². The van der Waals surface area contributed by atoms with Gasteiger partial charge in [0.2, 0.25) is 5.70 Å². The Morgan fingerprint density at radius 3 is 2.46 bits per heavy atom. The highest BCUT2D eigenvalue weighted by Gasteiger charge is 2.23. The Hall–Kier alpha value is -1.53. The van der Waals surface area contributed by atoms with Gasteiger partial charge in [-0.2, -0.15) is 0 Å². The first-order chi connectivity index (χ1) is 6.04. The zero-order chi connectivity index (χ0) is 10.4. The standard InChI is InChI=1S/C6H7F2NO4/c1-2-13-6(11)3(9-12)4(10)5(7)8/h5,10H,2H2,1H3. The average Bonchev–Trinajstić information content (AvgIpc) is 2.05. The second-order valence-electron chi connectivity index (χ2n) is 1.85. The molecule has 0 aliphatic heterocycles. The summed E-state index contributed by atoms with van der Waals surface area (Å²) in [5.74, 6) is -3.04. The number of carbonyl (C=O) groups is 1. The molecule has 0 aliphatic carbocycles. The lowest BCUT2D eigenvalue weighted by molar-refractivity contribution is -0.139. The monoisotopic (exact) mass is 195 g/mol. The van der Waals surface area contributed by atoms with Crippen LogP contribution < -0.4 is 0 Å². The normalized spacial score (nSPS) is 12.3. The highest BCUT2D eigenvalue weighted by Crippen LogP contribution is 2.13. The molecule has 0 heterocycles. The molecule has 0 saturated carbocycles. The van der Waals surface area contributed by atoms with Gasteiger partial charge >= 0.3 is 5.97 Å². The molecule has 74 valence electrons. The lowest BCUT2D eigenvalue weighted by Gasteiger charge is -2.01. The summed E-state index contributed by atoms with van der Waals surface area (Å²) < 4.78 is 27.7. The Labute approximate surface area is 72.0 Å². The van der Waals surface area contributed by atoms with Crippen LogP contribution in [0.5, 0.6) is 0 Å². The molecule has 7 heteroatoms. The summed E-state index contributed by atoms with van der Waals surface area (Å²) in [6.45, 7) is 1.31. The van der Waals surface area contributed by atoms with Crippen molar-refractivity contribution in [1.29, 1.82) is 0 Å². The van der Waals surface area contributed by atoms with E-state index in [1.807, 2.05) is 5.18 Å². The molecular weight excluding hydrogens is 188 g/mol. The minimum Gasteiger partial charge on any atom is -0.505 e. The number of allylic oxidation sites excluding steroid dienone is 1. The number of aliphatic hydroxyl groups excluding tert-OH is 1. The zero-order valence-electron chi connectivity index (χ0n) is 6.66. The van der Waals surface area contributed by atoms with Crippen LogP contribution in [0.25, 0.3) is 0 Å². The number of nitrogens with zero attached hydrogens (tertiary/aromatic N) is 1. The van der Waals surface area contributed by atoms with Gasteiger partial charge in [-0.15, -0.1) is 4.91 Å². The number of hydrogen-bond donors (Lipinski definition) is 1. The van der Waals surface area contributed by atoms with Crippen molar-refractivity contribution in [1.82, 2.24) is 0 Å². The predicted octanol–water partition coefficient (Wildman–Crippen LogP) is 1.35. The van der Waals surface area contributed by atoms with Gasteiger partial charge in [-0.25, -0.2) is 13.6 Å². The van der Waals surface area contributed by atoms with Gasteiger partial charge in [0.15, 0.2) is 5.76 Å². The van der Waals surface area contributed by atoms with Crippen molar-refractivity contribution in [2.75, 3.05) is 6.61 Å². The van der Waals surface area contributed by atoms with Crippen molar-refractivity contribution in [2.45, 2.75) is 13.3 Å². The minimum absolute atomic E-state index is 0.103. The number of carbonyl (C=O) groups excluding carboxylic acids is 1. The topological polar surface area (TPSA) is 76.0 Å². The first kappa shape index (κ1) is 11.5. The van der Waals surface area contributed by atoms with Crippen LogP contribution in [0.2, 0.25) is 0 Å². The molecule has 0 fully saturated rings. The fraction of sp³-hybridized carbons (Fsp3) is 0.500. The largest absolute Gasteiger partial charge is 0.505 e. The Kier molecular flexibility index (Phi) is 4.57. The van der Waals surface area contributed by atoms with Crippen molar-refractivity contribution in [3.8, 4) is 0 Å². The summed E-state index contributed by atoms with van der Waals surface area (Å²) in [6, 6.07) is 0. The third-order valence-electron chi connectivity index (χ3n) is 1.01. The molecule has 0 spiro atoms. The van der Waals surface area contributed by atoms with E-state index in [-0.39, 0.29) is 6.61 Å². The van der Waals surface area contributed by atoms with E-state index in [2.05, 4.69) is 4.74 Å². The van der Waals surface area contributed by atoms with E-state index >= 15 is 0 Å². The van der Waals surface area contributed by atoms with Crippen molar-refractivity contribution in [3.05, 3.63) is 16.4 Å². The molecular formula is C6H7F2NO4. The second-order valence-corrected chi connectivity index (χ2v) is 1.85. The fourth-order valence-electron chi connectivity index (χ4n) is 0.491. The molecule has 0 saturated heterocycles. The number of alkyl halides is 2. The van der Waals surface area contributed by atoms with Gasteiger partial charge in [-0.1, -0.05) is 0 Å². The van der Waals surface area contributed by atoms with E-state index < -0.39 is 23.9 Å². The molecule has 0 bridgehead atoms. The van der Waals surface area contributed by atoms with Crippen LogP contribution in [0.1, 0.15) is 6.92 Å². The molecule has 0 amide bonds. The minimum atomic E-state index is -3.32. The maximum absolute atomic E-state index is 11.8. The van der Waals surface area contributed by atoms with Crippen LogP contribution in [0.15, 0.2) is 16.6 Å². The highest BCUT2D eigenvalue weighted by atomic mass is 19.3. The van der Waals surface area contributed by atoms with Crippen LogP contribution in [0.3, 0.4) is 0 Å². The van der Waals surface area contributed by atoms with Crippen LogP contribution in [-0.4, -0.2) is 24.1 Å². The molecule has 0 atom stereocenters. The molecule has 0 radical (unpaired) electrons. The molecule has 0 unspecified atom stereocenters. The first-order valence-electron chi connectivity index (χ1n) is 3.26. The van der Waals surface area contributed by atoms with Gasteiger partial charge in [-0.05, 0) is 12.1 Å². The van der Waals surface area contributed by atoms with Crippen molar-refractivity contribution >= 4 is 5.97 Å². The predicted molar refractivity (Wildman–Crippen MR) is 38.1 cm³/mol.